The van der Waals surface area contributed by atoms with Crippen LogP contribution in [0.1, 0.15) is 31.4 Å². The van der Waals surface area contributed by atoms with Crippen LogP contribution in [-0.4, -0.2) is 24.2 Å². The Balaban J connectivity index is 1.99. The predicted molar refractivity (Wildman–Crippen MR) is 68.5 cm³/mol. The monoisotopic (exact) mass is 250 g/mol. The van der Waals surface area contributed by atoms with Gasteiger partial charge in [0.2, 0.25) is 0 Å². The normalized spacial score (nSPS) is 20.8. The van der Waals surface area contributed by atoms with Gasteiger partial charge in [-0.15, -0.1) is 0 Å². The maximum Gasteiger partial charge on any atom is 0.274 e. The van der Waals surface area contributed by atoms with Crippen molar-refractivity contribution in [2.75, 3.05) is 13.2 Å². The van der Waals surface area contributed by atoms with E-state index in [2.05, 4.69) is 5.32 Å². The summed E-state index contributed by atoms with van der Waals surface area (Å²) in [6, 6.07) is 6.81. The minimum absolute atomic E-state index is 0.0456. The molecule has 1 aromatic carbocycles. The quantitative estimate of drug-likeness (QED) is 0.644. The molecule has 0 saturated carbocycles. The Morgan fingerprint density at radius 2 is 2.33 bits per heavy atom. The Bertz CT molecular complexity index is 416. The highest BCUT2D eigenvalue weighted by molar-refractivity contribution is 5.41. The fourth-order valence-corrected chi connectivity index (χ4v) is 2.24. The average Bonchev–Trinajstić information content (AvgIpc) is 2.89. The zero-order valence-electron chi connectivity index (χ0n) is 10.5. The fourth-order valence-electron chi connectivity index (χ4n) is 2.24. The zero-order chi connectivity index (χ0) is 13.0. The van der Waals surface area contributed by atoms with Gasteiger partial charge >= 0.3 is 0 Å². The molecule has 0 bridgehead atoms. The van der Waals surface area contributed by atoms with Gasteiger partial charge in [0.1, 0.15) is 0 Å². The molecule has 98 valence electrons. The largest absolute Gasteiger partial charge is 0.377 e. The van der Waals surface area contributed by atoms with Crippen LogP contribution in [0.2, 0.25) is 0 Å². The summed E-state index contributed by atoms with van der Waals surface area (Å²) in [5.74, 6) is 0. The molecule has 2 atom stereocenters. The zero-order valence-corrected chi connectivity index (χ0v) is 10.5. The van der Waals surface area contributed by atoms with Crippen LogP contribution in [0.4, 0.5) is 5.69 Å². The number of ether oxygens (including phenoxy) is 1. The molecule has 5 heteroatoms. The first-order chi connectivity index (χ1) is 8.68. The van der Waals surface area contributed by atoms with E-state index in [4.69, 9.17) is 4.74 Å². The lowest BCUT2D eigenvalue weighted by atomic mass is 10.1. The Morgan fingerprint density at radius 1 is 1.56 bits per heavy atom. The number of para-hydroxylation sites is 1. The van der Waals surface area contributed by atoms with Gasteiger partial charge in [0.15, 0.2) is 0 Å². The van der Waals surface area contributed by atoms with Crippen molar-refractivity contribution in [3.8, 4) is 0 Å². The molecule has 1 aliphatic heterocycles. The van der Waals surface area contributed by atoms with Crippen molar-refractivity contribution in [2.24, 2.45) is 0 Å². The topological polar surface area (TPSA) is 64.4 Å². The summed E-state index contributed by atoms with van der Waals surface area (Å²) < 4.78 is 5.52. The lowest BCUT2D eigenvalue weighted by molar-refractivity contribution is -0.385. The second kappa shape index (κ2) is 5.93. The molecule has 0 aromatic heterocycles. The van der Waals surface area contributed by atoms with Crippen molar-refractivity contribution in [1.82, 2.24) is 5.32 Å². The van der Waals surface area contributed by atoms with E-state index < -0.39 is 0 Å². The molecule has 1 heterocycles. The van der Waals surface area contributed by atoms with Gasteiger partial charge in [0, 0.05) is 30.8 Å². The summed E-state index contributed by atoms with van der Waals surface area (Å²) >= 11 is 0. The van der Waals surface area contributed by atoms with E-state index in [-0.39, 0.29) is 22.8 Å². The second-order valence-corrected chi connectivity index (χ2v) is 4.58. The van der Waals surface area contributed by atoms with Gasteiger partial charge in [-0.05, 0) is 19.8 Å². The Kier molecular flexibility index (Phi) is 4.28. The predicted octanol–water partition coefficient (Wildman–Crippen LogP) is 2.42. The summed E-state index contributed by atoms with van der Waals surface area (Å²) in [7, 11) is 0. The van der Waals surface area contributed by atoms with Crippen molar-refractivity contribution in [3.63, 3.8) is 0 Å². The highest BCUT2D eigenvalue weighted by atomic mass is 16.6. The third-order valence-electron chi connectivity index (χ3n) is 3.28. The number of nitrogens with zero attached hydrogens (tertiary/aromatic N) is 1. The molecule has 0 spiro atoms. The molecule has 1 saturated heterocycles. The van der Waals surface area contributed by atoms with Crippen LogP contribution < -0.4 is 5.32 Å². The summed E-state index contributed by atoms with van der Waals surface area (Å²) in [4.78, 5) is 10.6. The molecule has 0 radical (unpaired) electrons. The number of nitro benzene ring substituents is 1. The van der Waals surface area contributed by atoms with E-state index in [0.717, 1.165) is 31.6 Å². The van der Waals surface area contributed by atoms with Gasteiger partial charge in [0.05, 0.1) is 11.0 Å². The van der Waals surface area contributed by atoms with Crippen LogP contribution in [-0.2, 0) is 4.74 Å². The van der Waals surface area contributed by atoms with Gasteiger partial charge in [-0.1, -0.05) is 18.2 Å². The molecule has 1 N–H and O–H groups in total. The number of benzene rings is 1. The molecule has 1 aromatic rings. The minimum atomic E-state index is -0.334. The van der Waals surface area contributed by atoms with Crippen LogP contribution in [0.3, 0.4) is 0 Å². The molecule has 0 amide bonds. The first-order valence-electron chi connectivity index (χ1n) is 6.27. The molecule has 0 aliphatic carbocycles. The van der Waals surface area contributed by atoms with E-state index in [9.17, 15) is 10.1 Å². The third kappa shape index (κ3) is 3.05. The van der Waals surface area contributed by atoms with Crippen LogP contribution in [0.15, 0.2) is 24.3 Å². The first-order valence-corrected chi connectivity index (χ1v) is 6.27. The molecule has 1 fully saturated rings. The number of rotatable bonds is 5. The van der Waals surface area contributed by atoms with Crippen LogP contribution in [0.5, 0.6) is 0 Å². The van der Waals surface area contributed by atoms with Crippen LogP contribution >= 0.6 is 0 Å². The van der Waals surface area contributed by atoms with Gasteiger partial charge in [-0.2, -0.15) is 0 Å². The smallest absolute Gasteiger partial charge is 0.274 e. The van der Waals surface area contributed by atoms with Gasteiger partial charge in [0.25, 0.3) is 5.69 Å². The molecule has 18 heavy (non-hydrogen) atoms. The van der Waals surface area contributed by atoms with Crippen molar-refractivity contribution >= 4 is 5.69 Å². The minimum Gasteiger partial charge on any atom is -0.377 e. The maximum absolute atomic E-state index is 10.9. The Morgan fingerprint density at radius 3 is 3.00 bits per heavy atom. The van der Waals surface area contributed by atoms with E-state index in [0.29, 0.717) is 0 Å². The highest BCUT2D eigenvalue weighted by Gasteiger charge is 2.20. The third-order valence-corrected chi connectivity index (χ3v) is 3.28. The molecule has 1 aliphatic rings. The van der Waals surface area contributed by atoms with Crippen molar-refractivity contribution in [1.29, 1.82) is 0 Å². The van der Waals surface area contributed by atoms with Crippen LogP contribution in [0, 0.1) is 10.1 Å². The van der Waals surface area contributed by atoms with Gasteiger partial charge in [-0.3, -0.25) is 10.1 Å². The molecule has 2 unspecified atom stereocenters. The molecular weight excluding hydrogens is 232 g/mol. The molecule has 5 nitrogen and oxygen atoms in total. The summed E-state index contributed by atoms with van der Waals surface area (Å²) in [5.41, 5.74) is 0.894. The summed E-state index contributed by atoms with van der Waals surface area (Å²) in [6.07, 6.45) is 2.42. The lowest BCUT2D eigenvalue weighted by Crippen LogP contribution is -2.28. The fraction of sp³-hybridized carbons (Fsp3) is 0.538. The summed E-state index contributed by atoms with van der Waals surface area (Å²) in [6.45, 7) is 3.51. The Labute approximate surface area is 106 Å². The number of nitro groups is 1. The van der Waals surface area contributed by atoms with E-state index >= 15 is 0 Å². The van der Waals surface area contributed by atoms with Crippen LogP contribution in [0.25, 0.3) is 0 Å². The first kappa shape index (κ1) is 13.0. The Hall–Kier alpha value is -1.46. The molecular formula is C13H18N2O3. The van der Waals surface area contributed by atoms with Gasteiger partial charge < -0.3 is 10.1 Å². The lowest BCUT2D eigenvalue weighted by Gasteiger charge is -2.17. The maximum atomic E-state index is 10.9. The number of hydrogen-bond acceptors (Lipinski definition) is 4. The van der Waals surface area contributed by atoms with Crippen molar-refractivity contribution < 1.29 is 9.66 Å². The van der Waals surface area contributed by atoms with E-state index in [1.807, 2.05) is 13.0 Å². The highest BCUT2D eigenvalue weighted by Crippen LogP contribution is 2.24. The van der Waals surface area contributed by atoms with Crippen molar-refractivity contribution in [3.05, 3.63) is 39.9 Å². The van der Waals surface area contributed by atoms with Gasteiger partial charge in [-0.25, -0.2) is 0 Å². The SMILES string of the molecule is CC(NCC1CCCO1)c1ccccc1[N+](=O)[O-]. The van der Waals surface area contributed by atoms with E-state index in [1.54, 1.807) is 18.2 Å². The molecule has 2 rings (SSSR count). The standard InChI is InChI=1S/C13H18N2O3/c1-10(14-9-11-5-4-8-18-11)12-6-2-3-7-13(12)15(16)17/h2-3,6-7,10-11,14H,4-5,8-9H2,1H3. The number of hydrogen-bond donors (Lipinski definition) is 1. The summed E-state index contributed by atoms with van der Waals surface area (Å²) in [5, 5.41) is 14.2. The second-order valence-electron chi connectivity index (χ2n) is 4.58. The number of nitrogens with one attached hydrogen (secondary N) is 1. The van der Waals surface area contributed by atoms with Crippen molar-refractivity contribution in [2.45, 2.75) is 31.9 Å². The average molecular weight is 250 g/mol. The van der Waals surface area contributed by atoms with E-state index in [1.165, 1.54) is 0 Å².